The summed E-state index contributed by atoms with van der Waals surface area (Å²) in [6.07, 6.45) is 1.50. The summed E-state index contributed by atoms with van der Waals surface area (Å²) in [7, 11) is 1.71. The van der Waals surface area contributed by atoms with E-state index >= 15 is 0 Å². The molecule has 100 valence electrons. The van der Waals surface area contributed by atoms with E-state index in [1.807, 2.05) is 0 Å². The molecule has 0 unspecified atom stereocenters. The number of β-amino-alcohol motifs (C(OH)–C–C–N with tert-alkyl or cyclic N) is 1. The highest BCUT2D eigenvalue weighted by molar-refractivity contribution is 5.97. The number of aryl methyl sites for hydroxylation is 1. The van der Waals surface area contributed by atoms with E-state index in [0.717, 1.165) is 13.1 Å². The van der Waals surface area contributed by atoms with Crippen molar-refractivity contribution in [2.24, 2.45) is 7.05 Å². The highest BCUT2D eigenvalue weighted by Gasteiger charge is 2.25. The summed E-state index contributed by atoms with van der Waals surface area (Å²) in [6, 6.07) is 0. The smallest absolute Gasteiger partial charge is 0.274 e. The molecule has 1 amide bonds. The molecule has 0 radical (unpaired) electrons. The number of aliphatic hydroxyl groups excluding tert-OH is 1. The standard InChI is InChI=1S/C11H19N5O2/c1-14-10(9(12)8-13-14)11(18)16-4-2-15(3-5-16)6-7-17/h8,17H,2-7,12H2,1H3. The van der Waals surface area contributed by atoms with Gasteiger partial charge < -0.3 is 15.7 Å². The van der Waals surface area contributed by atoms with Crippen molar-refractivity contribution in [1.82, 2.24) is 19.6 Å². The number of amides is 1. The van der Waals surface area contributed by atoms with E-state index < -0.39 is 0 Å². The molecule has 7 nitrogen and oxygen atoms in total. The Bertz CT molecular complexity index is 404. The minimum absolute atomic E-state index is 0.0730. The Hall–Kier alpha value is -1.60. The number of carbonyl (C=O) groups excluding carboxylic acids is 1. The molecule has 2 heterocycles. The third-order valence-corrected chi connectivity index (χ3v) is 3.25. The van der Waals surface area contributed by atoms with Crippen LogP contribution in [0.15, 0.2) is 6.20 Å². The van der Waals surface area contributed by atoms with Gasteiger partial charge in [-0.25, -0.2) is 0 Å². The van der Waals surface area contributed by atoms with Gasteiger partial charge in [0, 0.05) is 39.8 Å². The summed E-state index contributed by atoms with van der Waals surface area (Å²) < 4.78 is 1.51. The van der Waals surface area contributed by atoms with Gasteiger partial charge >= 0.3 is 0 Å². The first-order chi connectivity index (χ1) is 8.63. The Morgan fingerprint density at radius 3 is 2.61 bits per heavy atom. The molecule has 1 aliphatic heterocycles. The van der Waals surface area contributed by atoms with E-state index in [1.54, 1.807) is 11.9 Å². The predicted octanol–water partition coefficient (Wildman–Crippen LogP) is -1.25. The SMILES string of the molecule is Cn1ncc(N)c1C(=O)N1CCN(CCO)CC1. The van der Waals surface area contributed by atoms with Crippen molar-refractivity contribution in [3.05, 3.63) is 11.9 Å². The van der Waals surface area contributed by atoms with E-state index in [0.29, 0.717) is 31.0 Å². The van der Waals surface area contributed by atoms with Crippen molar-refractivity contribution in [3.63, 3.8) is 0 Å². The van der Waals surface area contributed by atoms with Crippen LogP contribution in [0.3, 0.4) is 0 Å². The zero-order chi connectivity index (χ0) is 13.1. The van der Waals surface area contributed by atoms with Crippen molar-refractivity contribution in [2.75, 3.05) is 45.1 Å². The first-order valence-electron chi connectivity index (χ1n) is 6.03. The summed E-state index contributed by atoms with van der Waals surface area (Å²) >= 11 is 0. The molecule has 18 heavy (non-hydrogen) atoms. The lowest BCUT2D eigenvalue weighted by molar-refractivity contribution is 0.0605. The van der Waals surface area contributed by atoms with Gasteiger partial charge in [-0.15, -0.1) is 0 Å². The zero-order valence-electron chi connectivity index (χ0n) is 10.5. The normalized spacial score (nSPS) is 17.1. The second-order valence-electron chi connectivity index (χ2n) is 4.43. The van der Waals surface area contributed by atoms with Gasteiger partial charge in [0.1, 0.15) is 5.69 Å². The fourth-order valence-corrected chi connectivity index (χ4v) is 2.18. The Morgan fingerprint density at radius 1 is 1.44 bits per heavy atom. The average Bonchev–Trinajstić information content (AvgIpc) is 2.70. The van der Waals surface area contributed by atoms with Crippen molar-refractivity contribution < 1.29 is 9.90 Å². The van der Waals surface area contributed by atoms with E-state index in [2.05, 4.69) is 10.00 Å². The molecule has 0 aromatic carbocycles. The molecule has 2 rings (SSSR count). The Balaban J connectivity index is 2.00. The van der Waals surface area contributed by atoms with Crippen LogP contribution in [0.4, 0.5) is 5.69 Å². The van der Waals surface area contributed by atoms with Crippen molar-refractivity contribution in [2.45, 2.75) is 0 Å². The highest BCUT2D eigenvalue weighted by Crippen LogP contribution is 2.14. The number of aromatic nitrogens is 2. The lowest BCUT2D eigenvalue weighted by Gasteiger charge is -2.34. The number of carbonyl (C=O) groups is 1. The number of hydrogen-bond donors (Lipinski definition) is 2. The maximum atomic E-state index is 12.3. The number of nitrogen functional groups attached to an aromatic ring is 1. The van der Waals surface area contributed by atoms with Crippen LogP contribution in [0.1, 0.15) is 10.5 Å². The summed E-state index contributed by atoms with van der Waals surface area (Å²) in [5, 5.41) is 12.8. The van der Waals surface area contributed by atoms with Gasteiger partial charge in [-0.1, -0.05) is 0 Å². The number of nitrogens with zero attached hydrogens (tertiary/aromatic N) is 4. The van der Waals surface area contributed by atoms with Crippen molar-refractivity contribution >= 4 is 11.6 Å². The van der Waals surface area contributed by atoms with Crippen LogP contribution < -0.4 is 5.73 Å². The number of anilines is 1. The van der Waals surface area contributed by atoms with Crippen molar-refractivity contribution in [3.8, 4) is 0 Å². The van der Waals surface area contributed by atoms with Gasteiger partial charge in [0.25, 0.3) is 5.91 Å². The molecule has 1 fully saturated rings. The maximum absolute atomic E-state index is 12.3. The molecule has 0 aliphatic carbocycles. The van der Waals surface area contributed by atoms with Crippen LogP contribution in [0.5, 0.6) is 0 Å². The molecule has 0 atom stereocenters. The topological polar surface area (TPSA) is 87.6 Å². The molecule has 3 N–H and O–H groups in total. The van der Waals surface area contributed by atoms with Crippen LogP contribution in [0, 0.1) is 0 Å². The van der Waals surface area contributed by atoms with E-state index in [1.165, 1.54) is 10.9 Å². The number of aliphatic hydroxyl groups is 1. The number of nitrogens with two attached hydrogens (primary N) is 1. The molecular weight excluding hydrogens is 234 g/mol. The molecular formula is C11H19N5O2. The van der Waals surface area contributed by atoms with Crippen LogP contribution in [0.25, 0.3) is 0 Å². The van der Waals surface area contributed by atoms with E-state index in [4.69, 9.17) is 10.8 Å². The van der Waals surface area contributed by atoms with Gasteiger partial charge in [0.05, 0.1) is 18.5 Å². The minimum atomic E-state index is -0.0730. The predicted molar refractivity (Wildman–Crippen MR) is 67.0 cm³/mol. The Morgan fingerprint density at radius 2 is 2.11 bits per heavy atom. The first kappa shape index (κ1) is 12.8. The van der Waals surface area contributed by atoms with Crippen LogP contribution >= 0.6 is 0 Å². The van der Waals surface area contributed by atoms with Gasteiger partial charge in [-0.2, -0.15) is 5.10 Å². The largest absolute Gasteiger partial charge is 0.396 e. The Kier molecular flexibility index (Phi) is 3.83. The number of rotatable bonds is 3. The summed E-state index contributed by atoms with van der Waals surface area (Å²) in [5.74, 6) is -0.0730. The van der Waals surface area contributed by atoms with Gasteiger partial charge in [0.2, 0.25) is 0 Å². The maximum Gasteiger partial charge on any atom is 0.274 e. The second-order valence-corrected chi connectivity index (χ2v) is 4.43. The minimum Gasteiger partial charge on any atom is -0.396 e. The van der Waals surface area contributed by atoms with Crippen LogP contribution in [-0.2, 0) is 7.05 Å². The average molecular weight is 253 g/mol. The zero-order valence-corrected chi connectivity index (χ0v) is 10.5. The second kappa shape index (κ2) is 5.36. The lowest BCUT2D eigenvalue weighted by Crippen LogP contribution is -2.49. The summed E-state index contributed by atoms with van der Waals surface area (Å²) in [5.41, 5.74) is 6.62. The highest BCUT2D eigenvalue weighted by atomic mass is 16.3. The number of piperazine rings is 1. The van der Waals surface area contributed by atoms with Crippen LogP contribution in [0.2, 0.25) is 0 Å². The van der Waals surface area contributed by atoms with E-state index in [-0.39, 0.29) is 12.5 Å². The molecule has 7 heteroatoms. The monoisotopic (exact) mass is 253 g/mol. The van der Waals surface area contributed by atoms with Crippen LogP contribution in [-0.4, -0.2) is 69.9 Å². The summed E-state index contributed by atoms with van der Waals surface area (Å²) in [6.45, 7) is 3.69. The fourth-order valence-electron chi connectivity index (χ4n) is 2.18. The number of hydrogen-bond acceptors (Lipinski definition) is 5. The molecule has 0 spiro atoms. The fraction of sp³-hybridized carbons (Fsp3) is 0.636. The van der Waals surface area contributed by atoms with Crippen molar-refractivity contribution in [1.29, 1.82) is 0 Å². The summed E-state index contributed by atoms with van der Waals surface area (Å²) in [4.78, 5) is 16.2. The molecule has 0 saturated carbocycles. The van der Waals surface area contributed by atoms with E-state index in [9.17, 15) is 4.79 Å². The molecule has 1 saturated heterocycles. The van der Waals surface area contributed by atoms with Gasteiger partial charge in [-0.05, 0) is 0 Å². The quantitative estimate of drug-likeness (QED) is 0.703. The molecule has 0 bridgehead atoms. The lowest BCUT2D eigenvalue weighted by atomic mass is 10.2. The third-order valence-electron chi connectivity index (χ3n) is 3.25. The molecule has 1 aromatic heterocycles. The molecule has 1 aliphatic rings. The first-order valence-corrected chi connectivity index (χ1v) is 6.03. The third kappa shape index (κ3) is 2.46. The Labute approximate surface area is 106 Å². The van der Waals surface area contributed by atoms with Gasteiger partial charge in [0.15, 0.2) is 0 Å². The molecule has 1 aromatic rings. The van der Waals surface area contributed by atoms with Gasteiger partial charge in [-0.3, -0.25) is 14.4 Å².